The van der Waals surface area contributed by atoms with Gasteiger partial charge in [-0.15, -0.1) is 22.7 Å². The van der Waals surface area contributed by atoms with Crippen LogP contribution in [0.2, 0.25) is 0 Å². The molecule has 1 amide bonds. The summed E-state index contributed by atoms with van der Waals surface area (Å²) in [7, 11) is 0. The number of thiazole rings is 1. The maximum Gasteiger partial charge on any atom is 0.232 e. The lowest BCUT2D eigenvalue weighted by molar-refractivity contribution is -0.124. The second-order valence-electron chi connectivity index (χ2n) is 5.61. The molecule has 2 aromatic rings. The molecule has 3 nitrogen and oxygen atoms in total. The Hall–Kier alpha value is -1.20. The van der Waals surface area contributed by atoms with E-state index in [1.54, 1.807) is 28.2 Å². The van der Waals surface area contributed by atoms with Crippen molar-refractivity contribution in [1.29, 1.82) is 0 Å². The van der Waals surface area contributed by atoms with E-state index in [-0.39, 0.29) is 16.7 Å². The van der Waals surface area contributed by atoms with Crippen molar-refractivity contribution < 1.29 is 4.79 Å². The Balaban J connectivity index is 1.77. The van der Waals surface area contributed by atoms with E-state index in [0.717, 1.165) is 12.1 Å². The first-order valence-electron chi connectivity index (χ1n) is 6.26. The van der Waals surface area contributed by atoms with Crippen molar-refractivity contribution in [3.63, 3.8) is 0 Å². The molecule has 2 heterocycles. The van der Waals surface area contributed by atoms with Crippen molar-refractivity contribution in [3.8, 4) is 0 Å². The summed E-state index contributed by atoms with van der Waals surface area (Å²) < 4.78 is 0. The largest absolute Gasteiger partial charge is 0.350 e. The summed E-state index contributed by atoms with van der Waals surface area (Å²) in [5.74, 6) is 0.132. The Morgan fingerprint density at radius 2 is 2.32 bits per heavy atom. The smallest absolute Gasteiger partial charge is 0.232 e. The molecule has 1 saturated carbocycles. The number of carbonyl (C=O) groups is 1. The van der Waals surface area contributed by atoms with Crippen LogP contribution in [0, 0.1) is 5.41 Å². The summed E-state index contributed by atoms with van der Waals surface area (Å²) >= 11 is 3.22. The highest BCUT2D eigenvalue weighted by Crippen LogP contribution is 2.65. The van der Waals surface area contributed by atoms with E-state index in [9.17, 15) is 4.79 Å². The van der Waals surface area contributed by atoms with E-state index in [1.165, 1.54) is 4.88 Å². The highest BCUT2D eigenvalue weighted by Gasteiger charge is 2.67. The van der Waals surface area contributed by atoms with Crippen molar-refractivity contribution in [3.05, 3.63) is 39.0 Å². The highest BCUT2D eigenvalue weighted by molar-refractivity contribution is 7.10. The van der Waals surface area contributed by atoms with Gasteiger partial charge in [-0.25, -0.2) is 4.98 Å². The van der Waals surface area contributed by atoms with Gasteiger partial charge in [0.1, 0.15) is 0 Å². The molecule has 0 bridgehead atoms. The number of nitrogens with zero attached hydrogens (tertiary/aromatic N) is 1. The normalized spacial score (nSPS) is 24.1. The van der Waals surface area contributed by atoms with Gasteiger partial charge in [-0.3, -0.25) is 4.79 Å². The Morgan fingerprint density at radius 1 is 1.53 bits per heavy atom. The minimum absolute atomic E-state index is 0.0456. The molecule has 3 rings (SSSR count). The average Bonchev–Trinajstić information content (AvgIpc) is 2.91. The molecule has 1 atom stereocenters. The summed E-state index contributed by atoms with van der Waals surface area (Å²) in [6.07, 6.45) is 0.920. The molecular formula is C14H16N2OS2. The van der Waals surface area contributed by atoms with Crippen molar-refractivity contribution in [2.45, 2.75) is 32.2 Å². The summed E-state index contributed by atoms with van der Waals surface area (Å²) in [4.78, 5) is 18.0. The van der Waals surface area contributed by atoms with Crippen LogP contribution < -0.4 is 5.32 Å². The van der Waals surface area contributed by atoms with Gasteiger partial charge < -0.3 is 5.32 Å². The molecule has 5 heteroatoms. The Bertz CT molecular complexity index is 575. The Labute approximate surface area is 120 Å². The Morgan fingerprint density at radius 3 is 2.84 bits per heavy atom. The molecule has 0 aromatic carbocycles. The zero-order valence-electron chi connectivity index (χ0n) is 11.0. The lowest BCUT2D eigenvalue weighted by Gasteiger charge is -2.18. The molecule has 0 radical (unpaired) electrons. The van der Waals surface area contributed by atoms with Crippen LogP contribution in [-0.2, 0) is 16.8 Å². The number of aromatic nitrogens is 1. The number of thiophene rings is 1. The van der Waals surface area contributed by atoms with Gasteiger partial charge in [0.05, 0.1) is 23.2 Å². The van der Waals surface area contributed by atoms with Crippen LogP contribution in [0.3, 0.4) is 0 Å². The zero-order valence-corrected chi connectivity index (χ0v) is 12.6. The van der Waals surface area contributed by atoms with Crippen LogP contribution in [0.4, 0.5) is 0 Å². The maximum atomic E-state index is 12.6. The fraction of sp³-hybridized carbons (Fsp3) is 0.429. The first-order valence-corrected chi connectivity index (χ1v) is 8.08. The molecule has 1 N–H and O–H groups in total. The topological polar surface area (TPSA) is 42.0 Å². The van der Waals surface area contributed by atoms with Crippen LogP contribution in [0.1, 0.15) is 30.8 Å². The molecule has 100 valence electrons. The van der Waals surface area contributed by atoms with Gasteiger partial charge in [-0.1, -0.05) is 19.9 Å². The molecule has 1 fully saturated rings. The standard InChI is InChI=1S/C14H16N2OS2/c1-13(2)8-14(13,11-4-3-5-19-11)12(17)15-6-10-7-18-9-16-10/h3-5,7,9H,6,8H2,1-2H3,(H,15,17)/t14-/m1/s1. The third kappa shape index (κ3) is 2.01. The molecule has 0 spiro atoms. The second-order valence-corrected chi connectivity index (χ2v) is 7.27. The first-order chi connectivity index (χ1) is 9.06. The van der Waals surface area contributed by atoms with Crippen LogP contribution in [0.5, 0.6) is 0 Å². The molecule has 1 aliphatic carbocycles. The monoisotopic (exact) mass is 292 g/mol. The molecule has 0 unspecified atom stereocenters. The third-order valence-corrected chi connectivity index (χ3v) is 5.65. The number of hydrogen-bond donors (Lipinski definition) is 1. The minimum atomic E-state index is -0.336. The number of carbonyl (C=O) groups excluding carboxylic acids is 1. The van der Waals surface area contributed by atoms with Gasteiger partial charge in [-0.2, -0.15) is 0 Å². The summed E-state index contributed by atoms with van der Waals surface area (Å²) in [6, 6.07) is 4.09. The van der Waals surface area contributed by atoms with E-state index < -0.39 is 0 Å². The summed E-state index contributed by atoms with van der Waals surface area (Å²) in [6.45, 7) is 4.84. The Kier molecular flexibility index (Phi) is 2.98. The lowest BCUT2D eigenvalue weighted by Crippen LogP contribution is -2.36. The van der Waals surface area contributed by atoms with Gasteiger partial charge in [0, 0.05) is 10.3 Å². The fourth-order valence-corrected chi connectivity index (χ4v) is 4.37. The fourth-order valence-electron chi connectivity index (χ4n) is 2.71. The van der Waals surface area contributed by atoms with Gasteiger partial charge in [0.2, 0.25) is 5.91 Å². The van der Waals surface area contributed by atoms with Gasteiger partial charge in [0.15, 0.2) is 0 Å². The van der Waals surface area contributed by atoms with E-state index in [4.69, 9.17) is 0 Å². The number of rotatable bonds is 4. The molecule has 2 aromatic heterocycles. The number of hydrogen-bond acceptors (Lipinski definition) is 4. The lowest BCUT2D eigenvalue weighted by atomic mass is 9.93. The van der Waals surface area contributed by atoms with Crippen molar-refractivity contribution in [2.75, 3.05) is 0 Å². The van der Waals surface area contributed by atoms with Crippen LogP contribution in [0.25, 0.3) is 0 Å². The predicted octanol–water partition coefficient (Wildman–Crippen LogP) is 3.19. The van der Waals surface area contributed by atoms with Crippen molar-refractivity contribution in [2.24, 2.45) is 5.41 Å². The molecule has 0 aliphatic heterocycles. The summed E-state index contributed by atoms with van der Waals surface area (Å²) in [5.41, 5.74) is 2.43. The highest BCUT2D eigenvalue weighted by atomic mass is 32.1. The van der Waals surface area contributed by atoms with Gasteiger partial charge >= 0.3 is 0 Å². The quantitative estimate of drug-likeness (QED) is 0.940. The predicted molar refractivity (Wildman–Crippen MR) is 78.4 cm³/mol. The number of amides is 1. The van der Waals surface area contributed by atoms with Gasteiger partial charge in [0.25, 0.3) is 0 Å². The average molecular weight is 292 g/mol. The second kappa shape index (κ2) is 4.42. The zero-order chi connectivity index (χ0) is 13.5. The van der Waals surface area contributed by atoms with E-state index in [2.05, 4.69) is 30.2 Å². The van der Waals surface area contributed by atoms with Crippen LogP contribution in [0.15, 0.2) is 28.4 Å². The van der Waals surface area contributed by atoms with Gasteiger partial charge in [-0.05, 0) is 23.3 Å². The van der Waals surface area contributed by atoms with Crippen LogP contribution >= 0.6 is 22.7 Å². The molecular weight excluding hydrogens is 276 g/mol. The SMILES string of the molecule is CC1(C)C[C@]1(C(=O)NCc1cscn1)c1cccs1. The third-order valence-electron chi connectivity index (χ3n) is 3.98. The van der Waals surface area contributed by atoms with Crippen LogP contribution in [-0.4, -0.2) is 10.9 Å². The van der Waals surface area contributed by atoms with E-state index in [0.29, 0.717) is 6.54 Å². The maximum absolute atomic E-state index is 12.6. The first kappa shape index (κ1) is 12.8. The summed E-state index contributed by atoms with van der Waals surface area (Å²) in [5, 5.41) is 7.05. The van der Waals surface area contributed by atoms with E-state index in [1.807, 2.05) is 16.8 Å². The molecule has 19 heavy (non-hydrogen) atoms. The number of nitrogens with one attached hydrogen (secondary N) is 1. The van der Waals surface area contributed by atoms with Crippen molar-refractivity contribution >= 4 is 28.6 Å². The van der Waals surface area contributed by atoms with E-state index >= 15 is 0 Å². The minimum Gasteiger partial charge on any atom is -0.350 e. The molecule has 1 aliphatic rings. The molecule has 0 saturated heterocycles. The van der Waals surface area contributed by atoms with Crippen molar-refractivity contribution in [1.82, 2.24) is 10.3 Å².